The van der Waals surface area contributed by atoms with E-state index in [1.807, 2.05) is 24.3 Å². The lowest BCUT2D eigenvalue weighted by molar-refractivity contribution is -0.384. The van der Waals surface area contributed by atoms with E-state index in [0.717, 1.165) is 5.39 Å². The average molecular weight is 349 g/mol. The third-order valence-electron chi connectivity index (χ3n) is 3.96. The number of hydrazone groups is 1. The third-order valence-corrected chi connectivity index (χ3v) is 3.96. The Hall–Kier alpha value is -3.74. The van der Waals surface area contributed by atoms with Gasteiger partial charge in [0.1, 0.15) is 5.75 Å². The summed E-state index contributed by atoms with van der Waals surface area (Å²) in [5.74, 6) is -0.409. The minimum Gasteiger partial charge on any atom is -0.507 e. The molecule has 0 aliphatic carbocycles. The van der Waals surface area contributed by atoms with Gasteiger partial charge in [-0.15, -0.1) is 0 Å². The standard InChI is InChI=1S/C19H15N3O4/c1-12(16-11-8-13-4-2-3-5-17(13)18(16)23)20-21-19(24)14-6-9-15(10-7-14)22(25)26/h2-11,23H,1H3,(H,21,24)/b20-12-. The summed E-state index contributed by atoms with van der Waals surface area (Å²) in [5, 5.41) is 26.7. The predicted octanol–water partition coefficient (Wildman–Crippen LogP) is 3.61. The molecule has 0 saturated heterocycles. The molecule has 130 valence electrons. The topological polar surface area (TPSA) is 105 Å². The van der Waals surface area contributed by atoms with Crippen LogP contribution in [0, 0.1) is 10.1 Å². The number of benzene rings is 3. The summed E-state index contributed by atoms with van der Waals surface area (Å²) in [5.41, 5.74) is 3.48. The smallest absolute Gasteiger partial charge is 0.271 e. The molecule has 0 heterocycles. The summed E-state index contributed by atoms with van der Waals surface area (Å²) in [6.45, 7) is 1.67. The number of hydrogen-bond acceptors (Lipinski definition) is 5. The van der Waals surface area contributed by atoms with E-state index in [4.69, 9.17) is 0 Å². The number of nitro groups is 1. The summed E-state index contributed by atoms with van der Waals surface area (Å²) in [7, 11) is 0. The monoisotopic (exact) mass is 349 g/mol. The van der Waals surface area contributed by atoms with Crippen molar-refractivity contribution in [3.63, 3.8) is 0 Å². The molecule has 3 aromatic rings. The van der Waals surface area contributed by atoms with E-state index in [-0.39, 0.29) is 17.0 Å². The van der Waals surface area contributed by atoms with Crippen molar-refractivity contribution in [2.45, 2.75) is 6.92 Å². The van der Waals surface area contributed by atoms with E-state index < -0.39 is 10.8 Å². The first-order chi connectivity index (χ1) is 12.5. The van der Waals surface area contributed by atoms with Gasteiger partial charge in [0.15, 0.2) is 0 Å². The molecule has 0 aliphatic rings. The molecule has 7 heteroatoms. The highest BCUT2D eigenvalue weighted by atomic mass is 16.6. The van der Waals surface area contributed by atoms with Crippen molar-refractivity contribution in [1.29, 1.82) is 0 Å². The Kier molecular flexibility index (Phi) is 4.62. The van der Waals surface area contributed by atoms with Gasteiger partial charge in [0.05, 0.1) is 10.6 Å². The maximum atomic E-state index is 12.1. The summed E-state index contributed by atoms with van der Waals surface area (Å²) in [6.07, 6.45) is 0. The number of amides is 1. The van der Waals surface area contributed by atoms with Gasteiger partial charge < -0.3 is 5.11 Å². The highest BCUT2D eigenvalue weighted by molar-refractivity contribution is 6.07. The molecule has 2 N–H and O–H groups in total. The largest absolute Gasteiger partial charge is 0.507 e. The molecule has 7 nitrogen and oxygen atoms in total. The van der Waals surface area contributed by atoms with Gasteiger partial charge in [-0.1, -0.05) is 30.3 Å². The third kappa shape index (κ3) is 3.36. The summed E-state index contributed by atoms with van der Waals surface area (Å²) in [6, 6.07) is 16.2. The number of nitro benzene ring substituents is 1. The minimum atomic E-state index is -0.535. The van der Waals surface area contributed by atoms with Gasteiger partial charge in [0.2, 0.25) is 0 Å². The molecule has 0 aromatic heterocycles. The van der Waals surface area contributed by atoms with E-state index in [1.54, 1.807) is 19.1 Å². The van der Waals surface area contributed by atoms with E-state index in [1.165, 1.54) is 24.3 Å². The molecule has 0 spiro atoms. The average Bonchev–Trinajstić information content (AvgIpc) is 2.66. The maximum absolute atomic E-state index is 12.1. The molecule has 0 radical (unpaired) electrons. The Morgan fingerprint density at radius 3 is 2.46 bits per heavy atom. The quantitative estimate of drug-likeness (QED) is 0.426. The number of aromatic hydroxyl groups is 1. The molecule has 0 unspecified atom stereocenters. The van der Waals surface area contributed by atoms with Gasteiger partial charge in [-0.2, -0.15) is 5.10 Å². The van der Waals surface area contributed by atoms with Crippen LogP contribution in [0.5, 0.6) is 5.75 Å². The first-order valence-corrected chi connectivity index (χ1v) is 7.77. The van der Waals surface area contributed by atoms with Gasteiger partial charge >= 0.3 is 0 Å². The molecule has 0 fully saturated rings. The van der Waals surface area contributed by atoms with Crippen molar-refractivity contribution in [2.24, 2.45) is 5.10 Å². The second kappa shape index (κ2) is 7.02. The van der Waals surface area contributed by atoms with Crippen molar-refractivity contribution in [2.75, 3.05) is 0 Å². The van der Waals surface area contributed by atoms with Crippen molar-refractivity contribution >= 4 is 28.1 Å². The van der Waals surface area contributed by atoms with Gasteiger partial charge in [0, 0.05) is 28.6 Å². The van der Waals surface area contributed by atoms with Crippen LogP contribution in [0.1, 0.15) is 22.8 Å². The first-order valence-electron chi connectivity index (χ1n) is 7.77. The van der Waals surface area contributed by atoms with Crippen molar-refractivity contribution in [3.8, 4) is 5.75 Å². The second-order valence-electron chi connectivity index (χ2n) is 5.62. The van der Waals surface area contributed by atoms with Gasteiger partial charge in [-0.05, 0) is 30.5 Å². The van der Waals surface area contributed by atoms with Gasteiger partial charge in [-0.25, -0.2) is 5.43 Å². The fourth-order valence-electron chi connectivity index (χ4n) is 2.54. The number of phenols is 1. The molecular formula is C19H15N3O4. The Morgan fingerprint density at radius 2 is 1.77 bits per heavy atom. The lowest BCUT2D eigenvalue weighted by atomic mass is 10.0. The van der Waals surface area contributed by atoms with Crippen molar-refractivity contribution in [3.05, 3.63) is 81.9 Å². The highest BCUT2D eigenvalue weighted by Crippen LogP contribution is 2.28. The Labute approximate surface area is 148 Å². The minimum absolute atomic E-state index is 0.0916. The van der Waals surface area contributed by atoms with E-state index in [2.05, 4.69) is 10.5 Å². The SMILES string of the molecule is C/C(=N/NC(=O)c1ccc([N+](=O)[O-])cc1)c1ccc2ccccc2c1O. The summed E-state index contributed by atoms with van der Waals surface area (Å²) >= 11 is 0. The van der Waals surface area contributed by atoms with Crippen LogP contribution in [0.15, 0.2) is 65.8 Å². The van der Waals surface area contributed by atoms with Crippen LogP contribution in [-0.4, -0.2) is 21.6 Å². The predicted molar refractivity (Wildman–Crippen MR) is 98.4 cm³/mol. The molecule has 0 bridgehead atoms. The lowest BCUT2D eigenvalue weighted by Gasteiger charge is -2.08. The Bertz CT molecular complexity index is 1030. The molecule has 0 saturated carbocycles. The van der Waals surface area contributed by atoms with Crippen LogP contribution < -0.4 is 5.43 Å². The van der Waals surface area contributed by atoms with E-state index >= 15 is 0 Å². The Balaban J connectivity index is 1.81. The number of carbonyl (C=O) groups is 1. The zero-order chi connectivity index (χ0) is 18.7. The number of non-ortho nitro benzene ring substituents is 1. The second-order valence-corrected chi connectivity index (χ2v) is 5.62. The maximum Gasteiger partial charge on any atom is 0.271 e. The van der Waals surface area contributed by atoms with Crippen LogP contribution in [0.2, 0.25) is 0 Å². The number of phenolic OH excluding ortho intramolecular Hbond substituents is 1. The van der Waals surface area contributed by atoms with E-state index in [0.29, 0.717) is 16.7 Å². The zero-order valence-corrected chi connectivity index (χ0v) is 13.8. The van der Waals surface area contributed by atoms with Crippen LogP contribution in [0.4, 0.5) is 5.69 Å². The number of rotatable bonds is 4. The van der Waals surface area contributed by atoms with Crippen molar-refractivity contribution < 1.29 is 14.8 Å². The first kappa shape index (κ1) is 17.1. The fourth-order valence-corrected chi connectivity index (χ4v) is 2.54. The fraction of sp³-hybridized carbons (Fsp3) is 0.0526. The molecular weight excluding hydrogens is 334 g/mol. The van der Waals surface area contributed by atoms with Crippen molar-refractivity contribution in [1.82, 2.24) is 5.43 Å². The molecule has 26 heavy (non-hydrogen) atoms. The number of carbonyl (C=O) groups excluding carboxylic acids is 1. The van der Waals surface area contributed by atoms with Crippen LogP contribution >= 0.6 is 0 Å². The molecule has 0 atom stereocenters. The summed E-state index contributed by atoms with van der Waals surface area (Å²) in [4.78, 5) is 22.2. The zero-order valence-electron chi connectivity index (χ0n) is 13.8. The normalized spacial score (nSPS) is 11.3. The number of hydrogen-bond donors (Lipinski definition) is 2. The molecule has 1 amide bonds. The van der Waals surface area contributed by atoms with Crippen LogP contribution in [0.3, 0.4) is 0 Å². The molecule has 3 rings (SSSR count). The van der Waals surface area contributed by atoms with Gasteiger partial charge in [-0.3, -0.25) is 14.9 Å². The molecule has 0 aliphatic heterocycles. The number of fused-ring (bicyclic) bond motifs is 1. The van der Waals surface area contributed by atoms with Gasteiger partial charge in [0.25, 0.3) is 11.6 Å². The lowest BCUT2D eigenvalue weighted by Crippen LogP contribution is -2.19. The van der Waals surface area contributed by atoms with Crippen LogP contribution in [0.25, 0.3) is 10.8 Å². The van der Waals surface area contributed by atoms with Crippen LogP contribution in [-0.2, 0) is 0 Å². The Morgan fingerprint density at radius 1 is 1.08 bits per heavy atom. The highest BCUT2D eigenvalue weighted by Gasteiger charge is 2.11. The number of nitrogens with zero attached hydrogens (tertiary/aromatic N) is 2. The number of nitrogens with one attached hydrogen (secondary N) is 1. The summed E-state index contributed by atoms with van der Waals surface area (Å²) < 4.78 is 0. The van der Waals surface area contributed by atoms with E-state index in [9.17, 15) is 20.0 Å². The molecule has 3 aromatic carbocycles.